The van der Waals surface area contributed by atoms with E-state index in [0.717, 1.165) is 23.3 Å². The van der Waals surface area contributed by atoms with Crippen LogP contribution < -0.4 is 10.1 Å². The smallest absolute Gasteiger partial charge is 0.417 e. The number of oxazole rings is 1. The molecule has 5 nitrogen and oxygen atoms in total. The van der Waals surface area contributed by atoms with Crippen molar-refractivity contribution in [2.24, 2.45) is 0 Å². The molecule has 0 bridgehead atoms. The van der Waals surface area contributed by atoms with Crippen LogP contribution in [0.2, 0.25) is 0 Å². The number of rotatable bonds is 7. The topological polar surface area (TPSA) is 64.4 Å². The fourth-order valence-corrected chi connectivity index (χ4v) is 4.42. The molecular formula is C34H29F3N2O3. The number of benzene rings is 4. The highest BCUT2D eigenvalue weighted by Gasteiger charge is 2.35. The van der Waals surface area contributed by atoms with Gasteiger partial charge in [-0.25, -0.2) is 4.98 Å². The molecule has 5 aromatic rings. The van der Waals surface area contributed by atoms with Crippen LogP contribution in [0.4, 0.5) is 18.9 Å². The van der Waals surface area contributed by atoms with Gasteiger partial charge in [-0.2, -0.15) is 13.2 Å². The van der Waals surface area contributed by atoms with Crippen LogP contribution in [0.5, 0.6) is 5.75 Å². The van der Waals surface area contributed by atoms with Gasteiger partial charge >= 0.3 is 6.18 Å². The molecular weight excluding hydrogens is 541 g/mol. The summed E-state index contributed by atoms with van der Waals surface area (Å²) in [6.07, 6.45) is -0.876. The van der Waals surface area contributed by atoms with Crippen molar-refractivity contribution in [2.45, 2.75) is 32.4 Å². The van der Waals surface area contributed by atoms with Gasteiger partial charge in [-0.05, 0) is 65.1 Å². The summed E-state index contributed by atoms with van der Waals surface area (Å²) in [6, 6.07) is 25.0. The van der Waals surface area contributed by atoms with E-state index in [9.17, 15) is 18.0 Å². The monoisotopic (exact) mass is 570 g/mol. The zero-order valence-corrected chi connectivity index (χ0v) is 23.3. The van der Waals surface area contributed by atoms with E-state index in [1.54, 1.807) is 18.2 Å². The number of carbonyl (C=O) groups is 1. The van der Waals surface area contributed by atoms with Crippen LogP contribution in [0.15, 0.2) is 101 Å². The highest BCUT2D eigenvalue weighted by molar-refractivity contribution is 6.05. The SMILES string of the molecule is CC(C)(C)c1ccc2oc(-c3cc(NC(=O)c4ccccc4C(F)(F)F)ccc3OCC=Cc3ccccc3)nc2c1. The van der Waals surface area contributed by atoms with Gasteiger partial charge in [0.1, 0.15) is 17.9 Å². The summed E-state index contributed by atoms with van der Waals surface area (Å²) in [5.74, 6) is -0.199. The van der Waals surface area contributed by atoms with Gasteiger partial charge in [0, 0.05) is 5.69 Å². The van der Waals surface area contributed by atoms with Crippen molar-refractivity contribution < 1.29 is 27.1 Å². The van der Waals surface area contributed by atoms with E-state index in [-0.39, 0.29) is 23.6 Å². The quantitative estimate of drug-likeness (QED) is 0.212. The number of amides is 1. The van der Waals surface area contributed by atoms with Crippen molar-refractivity contribution in [1.29, 1.82) is 0 Å². The van der Waals surface area contributed by atoms with Gasteiger partial charge in [-0.3, -0.25) is 4.79 Å². The summed E-state index contributed by atoms with van der Waals surface area (Å²) >= 11 is 0. The maximum Gasteiger partial charge on any atom is 0.417 e. The molecule has 0 aliphatic carbocycles. The van der Waals surface area contributed by atoms with Crippen molar-refractivity contribution in [1.82, 2.24) is 4.98 Å². The van der Waals surface area contributed by atoms with Crippen LogP contribution in [0.1, 0.15) is 47.8 Å². The molecule has 0 aliphatic heterocycles. The van der Waals surface area contributed by atoms with Gasteiger partial charge in [0.25, 0.3) is 5.91 Å². The molecule has 0 radical (unpaired) electrons. The molecule has 0 saturated carbocycles. The van der Waals surface area contributed by atoms with Gasteiger partial charge in [-0.1, -0.05) is 75.4 Å². The first-order valence-electron chi connectivity index (χ1n) is 13.4. The van der Waals surface area contributed by atoms with Crippen LogP contribution in [0.25, 0.3) is 28.6 Å². The predicted molar refractivity (Wildman–Crippen MR) is 159 cm³/mol. The average molecular weight is 571 g/mol. The normalized spacial score (nSPS) is 12.1. The highest BCUT2D eigenvalue weighted by atomic mass is 19.4. The number of nitrogens with zero attached hydrogens (tertiary/aromatic N) is 1. The Bertz CT molecular complexity index is 1750. The van der Waals surface area contributed by atoms with Crippen molar-refractivity contribution in [2.75, 3.05) is 11.9 Å². The maximum absolute atomic E-state index is 13.5. The summed E-state index contributed by atoms with van der Waals surface area (Å²) in [4.78, 5) is 17.6. The first-order chi connectivity index (χ1) is 20.0. The second-order valence-corrected chi connectivity index (χ2v) is 10.8. The Hall–Kier alpha value is -4.85. The van der Waals surface area contributed by atoms with E-state index in [2.05, 4.69) is 26.1 Å². The summed E-state index contributed by atoms with van der Waals surface area (Å²) in [7, 11) is 0. The third-order valence-corrected chi connectivity index (χ3v) is 6.64. The fourth-order valence-electron chi connectivity index (χ4n) is 4.42. The molecule has 0 fully saturated rings. The van der Waals surface area contributed by atoms with E-state index < -0.39 is 23.2 Å². The predicted octanol–water partition coefficient (Wildman–Crippen LogP) is 9.16. The fraction of sp³-hybridized carbons (Fsp3) is 0.176. The largest absolute Gasteiger partial charge is 0.489 e. The van der Waals surface area contributed by atoms with Crippen LogP contribution in [-0.4, -0.2) is 17.5 Å². The number of aromatic nitrogens is 1. The minimum absolute atomic E-state index is 0.0937. The van der Waals surface area contributed by atoms with E-state index >= 15 is 0 Å². The molecule has 0 saturated heterocycles. The lowest BCUT2D eigenvalue weighted by molar-refractivity contribution is -0.137. The third-order valence-electron chi connectivity index (χ3n) is 6.64. The Kier molecular flexibility index (Phi) is 7.89. The Balaban J connectivity index is 1.48. The van der Waals surface area contributed by atoms with E-state index in [1.165, 1.54) is 12.1 Å². The Morgan fingerprint density at radius 1 is 0.929 bits per heavy atom. The molecule has 1 amide bonds. The molecule has 0 unspecified atom stereocenters. The van der Waals surface area contributed by atoms with Crippen molar-refractivity contribution in [3.05, 3.63) is 119 Å². The number of halogens is 3. The number of hydrogen-bond donors (Lipinski definition) is 1. The lowest BCUT2D eigenvalue weighted by Gasteiger charge is -2.18. The molecule has 1 aromatic heterocycles. The molecule has 4 aromatic carbocycles. The lowest BCUT2D eigenvalue weighted by atomic mass is 9.87. The summed E-state index contributed by atoms with van der Waals surface area (Å²) in [5, 5.41) is 2.58. The van der Waals surface area contributed by atoms with Gasteiger partial charge < -0.3 is 14.5 Å². The summed E-state index contributed by atoms with van der Waals surface area (Å²) in [6.45, 7) is 6.55. The summed E-state index contributed by atoms with van der Waals surface area (Å²) < 4.78 is 52.7. The number of anilines is 1. The van der Waals surface area contributed by atoms with E-state index in [4.69, 9.17) is 14.1 Å². The third kappa shape index (κ3) is 6.54. The van der Waals surface area contributed by atoms with Crippen molar-refractivity contribution in [3.63, 3.8) is 0 Å². The molecule has 1 N–H and O–H groups in total. The van der Waals surface area contributed by atoms with E-state index in [1.807, 2.05) is 60.7 Å². The zero-order valence-electron chi connectivity index (χ0n) is 23.3. The summed E-state index contributed by atoms with van der Waals surface area (Å²) in [5.41, 5.74) is 2.45. The van der Waals surface area contributed by atoms with Gasteiger partial charge in [0.2, 0.25) is 5.89 Å². The van der Waals surface area contributed by atoms with Crippen LogP contribution in [0.3, 0.4) is 0 Å². The van der Waals surface area contributed by atoms with Gasteiger partial charge in [0.15, 0.2) is 5.58 Å². The molecule has 0 aliphatic rings. The Morgan fingerprint density at radius 3 is 2.40 bits per heavy atom. The van der Waals surface area contributed by atoms with Crippen molar-refractivity contribution >= 4 is 28.8 Å². The first-order valence-corrected chi connectivity index (χ1v) is 13.4. The number of fused-ring (bicyclic) bond motifs is 1. The standard InChI is InChI=1S/C34H29F3N2O3/c1-33(2,3)23-15-17-30-28(20-23)39-32(42-30)26-21-24(38-31(40)25-13-7-8-14-27(25)34(35,36)37)16-18-29(26)41-19-9-12-22-10-5-4-6-11-22/h4-18,20-21H,19H2,1-3H3,(H,38,40). The molecule has 214 valence electrons. The number of carbonyl (C=O) groups excluding carboxylic acids is 1. The average Bonchev–Trinajstić information content (AvgIpc) is 3.39. The number of nitrogens with one attached hydrogen (secondary N) is 1. The van der Waals surface area contributed by atoms with Crippen LogP contribution >= 0.6 is 0 Å². The number of hydrogen-bond acceptors (Lipinski definition) is 4. The van der Waals surface area contributed by atoms with Gasteiger partial charge in [0.05, 0.1) is 16.7 Å². The molecule has 5 rings (SSSR count). The van der Waals surface area contributed by atoms with Crippen molar-refractivity contribution in [3.8, 4) is 17.2 Å². The Morgan fingerprint density at radius 2 is 1.67 bits per heavy atom. The van der Waals surface area contributed by atoms with Crippen LogP contribution in [0, 0.1) is 0 Å². The second kappa shape index (κ2) is 11.6. The first kappa shape index (κ1) is 28.7. The second-order valence-electron chi connectivity index (χ2n) is 10.8. The van der Waals surface area contributed by atoms with Crippen LogP contribution in [-0.2, 0) is 11.6 Å². The van der Waals surface area contributed by atoms with E-state index in [0.29, 0.717) is 22.4 Å². The maximum atomic E-state index is 13.5. The zero-order chi connectivity index (χ0) is 29.9. The molecule has 0 spiro atoms. The minimum atomic E-state index is -4.67. The molecule has 1 heterocycles. The minimum Gasteiger partial charge on any atom is -0.489 e. The number of ether oxygens (including phenoxy) is 1. The molecule has 8 heteroatoms. The Labute approximate surface area is 241 Å². The lowest BCUT2D eigenvalue weighted by Crippen LogP contribution is -2.18. The molecule has 0 atom stereocenters. The van der Waals surface area contributed by atoms with Gasteiger partial charge in [-0.15, -0.1) is 0 Å². The highest BCUT2D eigenvalue weighted by Crippen LogP contribution is 2.36. The molecule has 42 heavy (non-hydrogen) atoms. The number of alkyl halides is 3.